The zero-order valence-corrected chi connectivity index (χ0v) is 6.41. The minimum absolute atomic E-state index is 0.0583. The minimum atomic E-state index is -2.51. The Morgan fingerprint density at radius 2 is 2.33 bits per heavy atom. The molecule has 0 radical (unpaired) electrons. The highest BCUT2D eigenvalue weighted by atomic mass is 16.5. The third-order valence-electron chi connectivity index (χ3n) is 1.31. The van der Waals surface area contributed by atoms with E-state index in [1.54, 1.807) is 29.6 Å². The molecule has 0 aliphatic rings. The van der Waals surface area contributed by atoms with Crippen LogP contribution in [0.2, 0.25) is 0 Å². The number of hydrogen-bond donors (Lipinski definition) is 1. The maximum absolute atomic E-state index is 10.9. The van der Waals surface area contributed by atoms with Crippen LogP contribution in [-0.2, 0) is 11.3 Å². The lowest BCUT2D eigenvalue weighted by molar-refractivity contribution is 0.142. The first-order valence-corrected chi connectivity index (χ1v) is 3.46. The topological polar surface area (TPSA) is 38.3 Å². The SMILES string of the molecule is [2H]C([2H])([2H])NC(=O)OCc1ccccc1. The predicted molar refractivity (Wildman–Crippen MR) is 45.7 cm³/mol. The van der Waals surface area contributed by atoms with Crippen LogP contribution in [0.15, 0.2) is 30.3 Å². The van der Waals surface area contributed by atoms with Crippen LogP contribution >= 0.6 is 0 Å². The summed E-state index contributed by atoms with van der Waals surface area (Å²) >= 11 is 0. The molecule has 1 amide bonds. The van der Waals surface area contributed by atoms with Crippen molar-refractivity contribution in [3.05, 3.63) is 35.9 Å². The molecule has 3 nitrogen and oxygen atoms in total. The Kier molecular flexibility index (Phi) is 1.90. The smallest absolute Gasteiger partial charge is 0.407 e. The van der Waals surface area contributed by atoms with Gasteiger partial charge in [0.15, 0.2) is 0 Å². The molecule has 3 heteroatoms. The van der Waals surface area contributed by atoms with Gasteiger partial charge >= 0.3 is 6.09 Å². The van der Waals surface area contributed by atoms with Crippen molar-refractivity contribution in [3.63, 3.8) is 0 Å². The summed E-state index contributed by atoms with van der Waals surface area (Å²) in [6, 6.07) is 9.01. The number of benzene rings is 1. The minimum Gasteiger partial charge on any atom is -0.445 e. The number of carbonyl (C=O) groups is 1. The number of alkyl carbamates (subject to hydrolysis) is 1. The maximum Gasteiger partial charge on any atom is 0.407 e. The fourth-order valence-electron chi connectivity index (χ4n) is 0.759. The summed E-state index contributed by atoms with van der Waals surface area (Å²) in [6.07, 6.45) is -0.946. The van der Waals surface area contributed by atoms with Crippen molar-refractivity contribution >= 4 is 6.09 Å². The molecule has 0 atom stereocenters. The Hall–Kier alpha value is -1.51. The summed E-state index contributed by atoms with van der Waals surface area (Å²) in [5, 5.41) is 1.73. The van der Waals surface area contributed by atoms with Crippen molar-refractivity contribution in [1.82, 2.24) is 5.32 Å². The molecule has 0 saturated carbocycles. The van der Waals surface area contributed by atoms with E-state index in [0.717, 1.165) is 5.56 Å². The monoisotopic (exact) mass is 168 g/mol. The number of amides is 1. The van der Waals surface area contributed by atoms with Crippen LogP contribution in [0.25, 0.3) is 0 Å². The second kappa shape index (κ2) is 4.38. The largest absolute Gasteiger partial charge is 0.445 e. The number of nitrogens with one attached hydrogen (secondary N) is 1. The maximum atomic E-state index is 10.9. The van der Waals surface area contributed by atoms with Crippen LogP contribution in [0.4, 0.5) is 4.79 Å². The number of ether oxygens (including phenoxy) is 1. The molecule has 0 bridgehead atoms. The predicted octanol–water partition coefficient (Wildman–Crippen LogP) is 1.54. The van der Waals surface area contributed by atoms with E-state index in [4.69, 9.17) is 8.85 Å². The molecule has 0 saturated heterocycles. The summed E-state index contributed by atoms with van der Waals surface area (Å²) in [4.78, 5) is 10.9. The zero-order chi connectivity index (χ0) is 11.3. The highest BCUT2D eigenvalue weighted by molar-refractivity contribution is 5.66. The van der Waals surface area contributed by atoms with Gasteiger partial charge in [-0.15, -0.1) is 0 Å². The van der Waals surface area contributed by atoms with Gasteiger partial charge in [-0.1, -0.05) is 30.3 Å². The van der Waals surface area contributed by atoms with Gasteiger partial charge in [-0.3, -0.25) is 0 Å². The Morgan fingerprint density at radius 3 is 3.00 bits per heavy atom. The molecule has 0 unspecified atom stereocenters. The van der Waals surface area contributed by atoms with Crippen molar-refractivity contribution in [2.75, 3.05) is 6.98 Å². The molecule has 0 spiro atoms. The molecular weight excluding hydrogens is 154 g/mol. The summed E-state index contributed by atoms with van der Waals surface area (Å²) in [5.74, 6) is 0. The quantitative estimate of drug-likeness (QED) is 0.727. The first-order valence-electron chi connectivity index (χ1n) is 4.96. The molecule has 1 N–H and O–H groups in total. The van der Waals surface area contributed by atoms with E-state index in [1.165, 1.54) is 0 Å². The van der Waals surface area contributed by atoms with Gasteiger partial charge in [-0.25, -0.2) is 4.79 Å². The van der Waals surface area contributed by atoms with E-state index >= 15 is 0 Å². The van der Waals surface area contributed by atoms with Crippen molar-refractivity contribution in [3.8, 4) is 0 Å². The highest BCUT2D eigenvalue weighted by Gasteiger charge is 1.96. The zero-order valence-electron chi connectivity index (χ0n) is 9.41. The van der Waals surface area contributed by atoms with Crippen molar-refractivity contribution in [2.24, 2.45) is 0 Å². The fraction of sp³-hybridized carbons (Fsp3) is 0.222. The summed E-state index contributed by atoms with van der Waals surface area (Å²) in [5.41, 5.74) is 0.804. The number of hydrogen-bond acceptors (Lipinski definition) is 2. The molecule has 1 aromatic carbocycles. The molecular formula is C9H11NO2. The van der Waals surface area contributed by atoms with Crippen LogP contribution in [0.1, 0.15) is 9.68 Å². The lowest BCUT2D eigenvalue weighted by Gasteiger charge is -2.02. The summed E-state index contributed by atoms with van der Waals surface area (Å²) < 4.78 is 25.0. The van der Waals surface area contributed by atoms with Crippen LogP contribution in [-0.4, -0.2) is 13.1 Å². The molecule has 64 valence electrons. The average Bonchev–Trinajstić information content (AvgIpc) is 2.14. The Balaban J connectivity index is 2.35. The van der Waals surface area contributed by atoms with Crippen molar-refractivity contribution < 1.29 is 13.6 Å². The third kappa shape index (κ3) is 2.62. The van der Waals surface area contributed by atoms with E-state index < -0.39 is 13.1 Å². The first kappa shape index (κ1) is 5.19. The molecule has 1 aromatic rings. The van der Waals surface area contributed by atoms with Crippen LogP contribution in [0.5, 0.6) is 0 Å². The standard InChI is InChI=1S/C9H11NO2/c1-10-9(11)12-7-8-5-3-2-4-6-8/h2-6H,7H2,1H3,(H,10,11)/i1D3. The Morgan fingerprint density at radius 1 is 1.58 bits per heavy atom. The van der Waals surface area contributed by atoms with Gasteiger partial charge in [0.25, 0.3) is 0 Å². The van der Waals surface area contributed by atoms with Gasteiger partial charge in [-0.05, 0) is 5.56 Å². The van der Waals surface area contributed by atoms with Gasteiger partial charge in [0.1, 0.15) is 6.61 Å². The van der Waals surface area contributed by atoms with Crippen molar-refractivity contribution in [2.45, 2.75) is 6.61 Å². The van der Waals surface area contributed by atoms with E-state index in [2.05, 4.69) is 0 Å². The lowest BCUT2D eigenvalue weighted by atomic mass is 10.2. The average molecular weight is 168 g/mol. The molecule has 0 aliphatic heterocycles. The second-order valence-corrected chi connectivity index (χ2v) is 2.19. The first-order chi connectivity index (χ1) is 6.97. The lowest BCUT2D eigenvalue weighted by Crippen LogP contribution is -2.18. The molecule has 12 heavy (non-hydrogen) atoms. The summed E-state index contributed by atoms with van der Waals surface area (Å²) in [6.45, 7) is -2.45. The van der Waals surface area contributed by atoms with Gasteiger partial charge in [0, 0.05) is 11.1 Å². The van der Waals surface area contributed by atoms with Crippen LogP contribution < -0.4 is 5.32 Å². The molecule has 0 heterocycles. The highest BCUT2D eigenvalue weighted by Crippen LogP contribution is 1.99. The Labute approximate surface area is 75.6 Å². The van der Waals surface area contributed by atoms with Crippen LogP contribution in [0, 0.1) is 0 Å². The van der Waals surface area contributed by atoms with E-state index in [0.29, 0.717) is 0 Å². The third-order valence-corrected chi connectivity index (χ3v) is 1.31. The van der Waals surface area contributed by atoms with Gasteiger partial charge in [0.2, 0.25) is 0 Å². The van der Waals surface area contributed by atoms with Gasteiger partial charge in [0.05, 0.1) is 0 Å². The number of carbonyl (C=O) groups excluding carboxylic acids is 1. The normalized spacial score (nSPS) is 13.8. The van der Waals surface area contributed by atoms with Crippen LogP contribution in [0.3, 0.4) is 0 Å². The summed E-state index contributed by atoms with van der Waals surface area (Å²) in [7, 11) is 0. The fourth-order valence-corrected chi connectivity index (χ4v) is 0.759. The van der Waals surface area contributed by atoms with E-state index in [-0.39, 0.29) is 6.61 Å². The molecule has 0 aliphatic carbocycles. The van der Waals surface area contributed by atoms with Gasteiger partial charge in [-0.2, -0.15) is 0 Å². The molecule has 0 fully saturated rings. The second-order valence-electron chi connectivity index (χ2n) is 2.19. The number of rotatable bonds is 2. The molecule has 1 rings (SSSR count). The van der Waals surface area contributed by atoms with E-state index in [1.807, 2.05) is 6.07 Å². The van der Waals surface area contributed by atoms with E-state index in [9.17, 15) is 4.79 Å². The van der Waals surface area contributed by atoms with Gasteiger partial charge < -0.3 is 10.1 Å². The van der Waals surface area contributed by atoms with Crippen molar-refractivity contribution in [1.29, 1.82) is 0 Å². The Bertz CT molecular complexity index is 324. The molecule has 0 aromatic heterocycles.